The standard InChI is InChI=1S/C22H17Cl3N4O2/c23-14-6-17(24)21(18(25)7-14)29-11-31-19-8-20(27-10-16(19)22(29)30)28-15-2-1-12-3-4-26-9-13(12)5-15/h1-2,5-8,10,26H,3-4,9,11H2,(H,27,28). The van der Waals surface area contributed by atoms with Crippen molar-refractivity contribution in [3.05, 3.63) is 74.4 Å². The number of hydrogen-bond donors (Lipinski definition) is 2. The quantitative estimate of drug-likeness (QED) is 0.529. The zero-order valence-corrected chi connectivity index (χ0v) is 18.5. The van der Waals surface area contributed by atoms with Gasteiger partial charge in [-0.3, -0.25) is 9.69 Å². The minimum Gasteiger partial charge on any atom is -0.472 e. The van der Waals surface area contributed by atoms with Crippen molar-refractivity contribution < 1.29 is 9.53 Å². The fourth-order valence-electron chi connectivity index (χ4n) is 3.79. The minimum absolute atomic E-state index is 0.0269. The van der Waals surface area contributed by atoms with Crippen LogP contribution in [0.1, 0.15) is 21.5 Å². The number of carbonyl (C=O) groups excluding carboxylic acids is 1. The third-order valence-electron chi connectivity index (χ3n) is 5.31. The summed E-state index contributed by atoms with van der Waals surface area (Å²) < 4.78 is 5.83. The molecule has 1 amide bonds. The third kappa shape index (κ3) is 3.92. The molecular weight excluding hydrogens is 459 g/mol. The molecule has 2 aliphatic heterocycles. The van der Waals surface area contributed by atoms with Crippen molar-refractivity contribution in [3.63, 3.8) is 0 Å². The molecule has 1 aromatic heterocycles. The van der Waals surface area contributed by atoms with E-state index in [0.29, 0.717) is 27.8 Å². The van der Waals surface area contributed by atoms with E-state index in [2.05, 4.69) is 27.8 Å². The highest BCUT2D eigenvalue weighted by Gasteiger charge is 2.30. The Morgan fingerprint density at radius 3 is 2.68 bits per heavy atom. The van der Waals surface area contributed by atoms with Crippen LogP contribution in [0.3, 0.4) is 0 Å². The number of nitrogens with zero attached hydrogens (tertiary/aromatic N) is 2. The van der Waals surface area contributed by atoms with Crippen molar-refractivity contribution >= 4 is 57.9 Å². The smallest absolute Gasteiger partial charge is 0.266 e. The van der Waals surface area contributed by atoms with Gasteiger partial charge in [-0.05, 0) is 48.4 Å². The zero-order valence-electron chi connectivity index (χ0n) is 16.2. The summed E-state index contributed by atoms with van der Waals surface area (Å²) in [5.41, 5.74) is 4.24. The van der Waals surface area contributed by atoms with Gasteiger partial charge in [-0.2, -0.15) is 0 Å². The molecule has 0 atom stereocenters. The second kappa shape index (κ2) is 8.20. The maximum Gasteiger partial charge on any atom is 0.266 e. The van der Waals surface area contributed by atoms with E-state index in [1.54, 1.807) is 6.07 Å². The zero-order chi connectivity index (χ0) is 21.5. The summed E-state index contributed by atoms with van der Waals surface area (Å²) in [7, 11) is 0. The molecule has 6 nitrogen and oxygen atoms in total. The largest absolute Gasteiger partial charge is 0.472 e. The summed E-state index contributed by atoms with van der Waals surface area (Å²) in [6.07, 6.45) is 2.52. The Bertz CT molecular complexity index is 1180. The highest BCUT2D eigenvalue weighted by Crippen LogP contribution is 2.39. The van der Waals surface area contributed by atoms with Crippen LogP contribution in [0.4, 0.5) is 17.2 Å². The van der Waals surface area contributed by atoms with E-state index >= 15 is 0 Å². The molecular formula is C22H17Cl3N4O2. The van der Waals surface area contributed by atoms with Crippen LogP contribution in [0.15, 0.2) is 42.6 Å². The molecule has 0 fully saturated rings. The molecule has 3 heterocycles. The van der Waals surface area contributed by atoms with Gasteiger partial charge in [-0.25, -0.2) is 4.98 Å². The normalized spacial score (nSPS) is 15.2. The molecule has 2 N–H and O–H groups in total. The lowest BCUT2D eigenvalue weighted by Crippen LogP contribution is -2.39. The van der Waals surface area contributed by atoms with Gasteiger partial charge in [0.05, 0.1) is 15.7 Å². The fraction of sp³-hybridized carbons (Fsp3) is 0.182. The van der Waals surface area contributed by atoms with Gasteiger partial charge in [0.15, 0.2) is 6.73 Å². The van der Waals surface area contributed by atoms with E-state index < -0.39 is 0 Å². The van der Waals surface area contributed by atoms with E-state index in [4.69, 9.17) is 39.5 Å². The van der Waals surface area contributed by atoms with Crippen molar-refractivity contribution in [2.45, 2.75) is 13.0 Å². The van der Waals surface area contributed by atoms with Crippen LogP contribution in [0.5, 0.6) is 5.75 Å². The monoisotopic (exact) mass is 474 g/mol. The van der Waals surface area contributed by atoms with Crippen LogP contribution >= 0.6 is 34.8 Å². The Labute approximate surface area is 194 Å². The lowest BCUT2D eigenvalue weighted by Gasteiger charge is -2.30. The van der Waals surface area contributed by atoms with Crippen LogP contribution in [0.2, 0.25) is 15.1 Å². The highest BCUT2D eigenvalue weighted by atomic mass is 35.5. The van der Waals surface area contributed by atoms with E-state index in [9.17, 15) is 4.79 Å². The van der Waals surface area contributed by atoms with Crippen LogP contribution in [0, 0.1) is 0 Å². The maximum atomic E-state index is 13.1. The molecule has 0 radical (unpaired) electrons. The molecule has 0 spiro atoms. The first-order valence-corrected chi connectivity index (χ1v) is 10.8. The van der Waals surface area contributed by atoms with Gasteiger partial charge in [0.25, 0.3) is 5.91 Å². The van der Waals surface area contributed by atoms with Gasteiger partial charge >= 0.3 is 0 Å². The fourth-order valence-corrected chi connectivity index (χ4v) is 4.81. The average Bonchev–Trinajstić information content (AvgIpc) is 2.74. The number of pyridine rings is 1. The molecule has 9 heteroatoms. The average molecular weight is 476 g/mol. The van der Waals surface area contributed by atoms with Crippen molar-refractivity contribution in [2.24, 2.45) is 0 Å². The molecule has 0 bridgehead atoms. The van der Waals surface area contributed by atoms with Crippen molar-refractivity contribution in [3.8, 4) is 5.75 Å². The van der Waals surface area contributed by atoms with Crippen molar-refractivity contribution in [1.82, 2.24) is 10.3 Å². The number of benzene rings is 2. The SMILES string of the molecule is O=C1c2cnc(Nc3ccc4c(c3)CNCC4)cc2OCN1c1c(Cl)cc(Cl)cc1Cl. The number of rotatable bonds is 3. The topological polar surface area (TPSA) is 66.5 Å². The number of anilines is 3. The number of halogens is 3. The number of carbonyl (C=O) groups is 1. The first kappa shape index (κ1) is 20.4. The summed E-state index contributed by atoms with van der Waals surface area (Å²) in [6, 6.07) is 11.1. The third-order valence-corrected chi connectivity index (χ3v) is 6.10. The molecule has 158 valence electrons. The molecule has 0 saturated carbocycles. The second-order valence-corrected chi connectivity index (χ2v) is 8.58. The van der Waals surface area contributed by atoms with Crippen LogP contribution in [-0.2, 0) is 13.0 Å². The predicted octanol–water partition coefficient (Wildman–Crippen LogP) is 5.43. The van der Waals surface area contributed by atoms with Crippen LogP contribution < -0.4 is 20.3 Å². The highest BCUT2D eigenvalue weighted by molar-refractivity contribution is 6.42. The maximum absolute atomic E-state index is 13.1. The Balaban J connectivity index is 1.40. The van der Waals surface area contributed by atoms with Gasteiger partial charge < -0.3 is 15.4 Å². The summed E-state index contributed by atoms with van der Waals surface area (Å²) in [5, 5.41) is 7.59. The summed E-state index contributed by atoms with van der Waals surface area (Å²) >= 11 is 18.5. The molecule has 0 aliphatic carbocycles. The van der Waals surface area contributed by atoms with E-state index in [1.807, 2.05) is 6.07 Å². The van der Waals surface area contributed by atoms with Gasteiger partial charge in [-0.15, -0.1) is 0 Å². The summed E-state index contributed by atoms with van der Waals surface area (Å²) in [6.45, 7) is 1.83. The number of aromatic nitrogens is 1. The van der Waals surface area contributed by atoms with Crippen molar-refractivity contribution in [2.75, 3.05) is 23.5 Å². The van der Waals surface area contributed by atoms with Crippen LogP contribution in [0.25, 0.3) is 0 Å². The Morgan fingerprint density at radius 1 is 1.06 bits per heavy atom. The van der Waals surface area contributed by atoms with Gasteiger partial charge in [-0.1, -0.05) is 40.9 Å². The lowest BCUT2D eigenvalue weighted by atomic mass is 10.0. The lowest BCUT2D eigenvalue weighted by molar-refractivity contribution is 0.0936. The molecule has 0 saturated heterocycles. The second-order valence-electron chi connectivity index (χ2n) is 7.33. The molecule has 5 rings (SSSR count). The van der Waals surface area contributed by atoms with Gasteiger partial charge in [0, 0.05) is 29.5 Å². The van der Waals surface area contributed by atoms with Gasteiger partial charge in [0.1, 0.15) is 17.1 Å². The molecule has 2 aromatic carbocycles. The first-order chi connectivity index (χ1) is 15.0. The Hall–Kier alpha value is -2.51. The first-order valence-electron chi connectivity index (χ1n) is 9.68. The van der Waals surface area contributed by atoms with E-state index in [-0.39, 0.29) is 22.7 Å². The van der Waals surface area contributed by atoms with Crippen molar-refractivity contribution in [1.29, 1.82) is 0 Å². The minimum atomic E-state index is -0.300. The Kier molecular flexibility index (Phi) is 5.40. The molecule has 31 heavy (non-hydrogen) atoms. The number of amides is 1. The molecule has 0 unspecified atom stereocenters. The number of hydrogen-bond acceptors (Lipinski definition) is 5. The predicted molar refractivity (Wildman–Crippen MR) is 123 cm³/mol. The summed E-state index contributed by atoms with van der Waals surface area (Å²) in [5.74, 6) is 0.733. The van der Waals surface area contributed by atoms with E-state index in [0.717, 1.165) is 25.2 Å². The molecule has 2 aliphatic rings. The Morgan fingerprint density at radius 2 is 1.87 bits per heavy atom. The number of nitrogens with one attached hydrogen (secondary N) is 2. The summed E-state index contributed by atoms with van der Waals surface area (Å²) in [4.78, 5) is 18.8. The van der Waals surface area contributed by atoms with E-state index in [1.165, 1.54) is 34.4 Å². The number of fused-ring (bicyclic) bond motifs is 2. The molecule has 3 aromatic rings. The number of ether oxygens (including phenoxy) is 1. The van der Waals surface area contributed by atoms with Crippen LogP contribution in [-0.4, -0.2) is 24.2 Å². The van der Waals surface area contributed by atoms with Gasteiger partial charge in [0.2, 0.25) is 0 Å².